The second-order valence-electron chi connectivity index (χ2n) is 2.09. The van der Waals surface area contributed by atoms with Gasteiger partial charge < -0.3 is 10.2 Å². The monoisotopic (exact) mass is 158 g/mol. The molecule has 0 saturated carbocycles. The highest BCUT2D eigenvalue weighted by Gasteiger charge is 2.01. The van der Waals surface area contributed by atoms with Crippen LogP contribution >= 0.6 is 11.6 Å². The molecule has 54 valence electrons. The highest BCUT2D eigenvalue weighted by atomic mass is 35.5. The molecule has 0 aliphatic carbocycles. The van der Waals surface area contributed by atoms with Crippen LogP contribution < -0.4 is 0 Å². The first kappa shape index (κ1) is 7.22. The summed E-state index contributed by atoms with van der Waals surface area (Å²) in [7, 11) is 0. The molecule has 0 radical (unpaired) electrons. The van der Waals surface area contributed by atoms with E-state index in [0.717, 1.165) is 0 Å². The van der Waals surface area contributed by atoms with Gasteiger partial charge >= 0.3 is 0 Å². The molecule has 2 N–H and O–H groups in total. The second kappa shape index (κ2) is 2.39. The fourth-order valence-electron chi connectivity index (χ4n) is 0.656. The summed E-state index contributed by atoms with van der Waals surface area (Å²) in [6.45, 7) is 1.69. The molecule has 0 aliphatic heterocycles. The zero-order valence-corrected chi connectivity index (χ0v) is 6.18. The Balaban J connectivity index is 3.28. The van der Waals surface area contributed by atoms with Crippen LogP contribution in [-0.2, 0) is 0 Å². The third-order valence-corrected chi connectivity index (χ3v) is 1.57. The summed E-state index contributed by atoms with van der Waals surface area (Å²) in [6, 6.07) is 2.73. The summed E-state index contributed by atoms with van der Waals surface area (Å²) in [5, 5.41) is 18.2. The van der Waals surface area contributed by atoms with Gasteiger partial charge in [-0.05, 0) is 18.6 Å². The van der Waals surface area contributed by atoms with Crippen LogP contribution in [0.15, 0.2) is 12.1 Å². The molecular formula is C7H7ClO2. The molecule has 0 aliphatic rings. The Bertz CT molecular complexity index is 208. The third kappa shape index (κ3) is 1.16. The fraction of sp³-hybridized carbons (Fsp3) is 0.143. The second-order valence-corrected chi connectivity index (χ2v) is 2.50. The highest BCUT2D eigenvalue weighted by Crippen LogP contribution is 2.29. The largest absolute Gasteiger partial charge is 0.508 e. The summed E-state index contributed by atoms with van der Waals surface area (Å²) >= 11 is 5.48. The number of halogens is 1. The number of phenols is 2. The lowest BCUT2D eigenvalue weighted by Gasteiger charge is -2.00. The molecule has 1 aromatic rings. The molecule has 0 heterocycles. The molecule has 0 spiro atoms. The average molecular weight is 159 g/mol. The molecule has 0 amide bonds. The van der Waals surface area contributed by atoms with E-state index in [9.17, 15) is 0 Å². The Hall–Kier alpha value is -0.890. The molecule has 0 fully saturated rings. The Kier molecular flexibility index (Phi) is 1.72. The summed E-state index contributed by atoms with van der Waals surface area (Å²) in [5.41, 5.74) is 0.613. The van der Waals surface area contributed by atoms with E-state index in [1.165, 1.54) is 12.1 Å². The van der Waals surface area contributed by atoms with E-state index in [-0.39, 0.29) is 16.5 Å². The first-order chi connectivity index (χ1) is 4.61. The Morgan fingerprint density at radius 1 is 1.20 bits per heavy atom. The average Bonchev–Trinajstić information content (AvgIpc) is 1.84. The maximum atomic E-state index is 9.03. The van der Waals surface area contributed by atoms with Gasteiger partial charge in [0.15, 0.2) is 0 Å². The fourth-order valence-corrected chi connectivity index (χ4v) is 0.814. The number of phenolic OH excluding ortho intramolecular Hbond substituents is 2. The minimum Gasteiger partial charge on any atom is -0.508 e. The van der Waals surface area contributed by atoms with Crippen molar-refractivity contribution in [3.63, 3.8) is 0 Å². The number of rotatable bonds is 0. The lowest BCUT2D eigenvalue weighted by molar-refractivity contribution is 0.457. The van der Waals surface area contributed by atoms with Gasteiger partial charge in [-0.15, -0.1) is 0 Å². The zero-order valence-electron chi connectivity index (χ0n) is 5.43. The van der Waals surface area contributed by atoms with Gasteiger partial charge in [0.2, 0.25) is 0 Å². The van der Waals surface area contributed by atoms with E-state index in [4.69, 9.17) is 21.8 Å². The van der Waals surface area contributed by atoms with Crippen LogP contribution in [0.1, 0.15) is 5.56 Å². The zero-order chi connectivity index (χ0) is 7.72. The number of benzene rings is 1. The van der Waals surface area contributed by atoms with Crippen LogP contribution in [0.2, 0.25) is 5.02 Å². The van der Waals surface area contributed by atoms with Crippen molar-refractivity contribution < 1.29 is 10.2 Å². The van der Waals surface area contributed by atoms with E-state index < -0.39 is 0 Å². The van der Waals surface area contributed by atoms with Crippen molar-refractivity contribution in [2.45, 2.75) is 6.92 Å². The standard InChI is InChI=1S/C7H7ClO2/c1-4-2-7(10)5(8)3-6(4)9/h2-3,9-10H,1H3. The molecule has 0 unspecified atom stereocenters. The van der Waals surface area contributed by atoms with E-state index in [1.54, 1.807) is 6.92 Å². The van der Waals surface area contributed by atoms with E-state index in [1.807, 2.05) is 0 Å². The van der Waals surface area contributed by atoms with Crippen molar-refractivity contribution in [3.8, 4) is 11.5 Å². The molecule has 0 aromatic heterocycles. The lowest BCUT2D eigenvalue weighted by atomic mass is 10.2. The Morgan fingerprint density at radius 2 is 1.80 bits per heavy atom. The van der Waals surface area contributed by atoms with Crippen LogP contribution in [0.25, 0.3) is 0 Å². The molecule has 3 heteroatoms. The van der Waals surface area contributed by atoms with Crippen LogP contribution in [-0.4, -0.2) is 10.2 Å². The van der Waals surface area contributed by atoms with Crippen LogP contribution in [0.3, 0.4) is 0 Å². The van der Waals surface area contributed by atoms with E-state index >= 15 is 0 Å². The van der Waals surface area contributed by atoms with Gasteiger partial charge in [0, 0.05) is 6.07 Å². The van der Waals surface area contributed by atoms with Gasteiger partial charge in [-0.25, -0.2) is 0 Å². The van der Waals surface area contributed by atoms with Crippen molar-refractivity contribution in [1.82, 2.24) is 0 Å². The SMILES string of the molecule is Cc1cc(O)c(Cl)cc1O. The predicted octanol–water partition coefficient (Wildman–Crippen LogP) is 2.06. The van der Waals surface area contributed by atoms with Crippen LogP contribution in [0, 0.1) is 6.92 Å². The molecule has 10 heavy (non-hydrogen) atoms. The maximum Gasteiger partial charge on any atom is 0.134 e. The normalized spacial score (nSPS) is 9.80. The third-order valence-electron chi connectivity index (χ3n) is 1.27. The van der Waals surface area contributed by atoms with Crippen LogP contribution in [0.4, 0.5) is 0 Å². The molecule has 1 rings (SSSR count). The van der Waals surface area contributed by atoms with Crippen molar-refractivity contribution in [1.29, 1.82) is 0 Å². The van der Waals surface area contributed by atoms with Gasteiger partial charge in [-0.2, -0.15) is 0 Å². The summed E-state index contributed by atoms with van der Waals surface area (Å²) in [6.07, 6.45) is 0. The van der Waals surface area contributed by atoms with E-state index in [0.29, 0.717) is 5.56 Å². The first-order valence-corrected chi connectivity index (χ1v) is 3.17. The quantitative estimate of drug-likeness (QED) is 0.568. The van der Waals surface area contributed by atoms with Crippen LogP contribution in [0.5, 0.6) is 11.5 Å². The summed E-state index contributed by atoms with van der Waals surface area (Å²) in [4.78, 5) is 0. The van der Waals surface area contributed by atoms with Gasteiger partial charge in [0.05, 0.1) is 5.02 Å². The lowest BCUT2D eigenvalue weighted by Crippen LogP contribution is -1.74. The summed E-state index contributed by atoms with van der Waals surface area (Å²) in [5.74, 6) is 0.0970. The predicted molar refractivity (Wildman–Crippen MR) is 39.5 cm³/mol. The van der Waals surface area contributed by atoms with Crippen molar-refractivity contribution >= 4 is 11.6 Å². The van der Waals surface area contributed by atoms with Gasteiger partial charge in [-0.1, -0.05) is 11.6 Å². The topological polar surface area (TPSA) is 40.5 Å². The molecule has 2 nitrogen and oxygen atoms in total. The van der Waals surface area contributed by atoms with Gasteiger partial charge in [-0.3, -0.25) is 0 Å². The Morgan fingerprint density at radius 3 is 2.30 bits per heavy atom. The molecule has 0 bridgehead atoms. The van der Waals surface area contributed by atoms with E-state index in [2.05, 4.69) is 0 Å². The number of aryl methyl sites for hydroxylation is 1. The van der Waals surface area contributed by atoms with Crippen molar-refractivity contribution in [2.75, 3.05) is 0 Å². The Labute approximate surface area is 63.7 Å². The summed E-state index contributed by atoms with van der Waals surface area (Å²) < 4.78 is 0. The molecule has 0 saturated heterocycles. The minimum atomic E-state index is -0.00281. The first-order valence-electron chi connectivity index (χ1n) is 2.79. The molecule has 1 aromatic carbocycles. The molecular weight excluding hydrogens is 152 g/mol. The van der Waals surface area contributed by atoms with Crippen molar-refractivity contribution in [2.24, 2.45) is 0 Å². The van der Waals surface area contributed by atoms with Gasteiger partial charge in [0.1, 0.15) is 11.5 Å². The van der Waals surface area contributed by atoms with Crippen molar-refractivity contribution in [3.05, 3.63) is 22.7 Å². The maximum absolute atomic E-state index is 9.03. The number of hydrogen-bond acceptors (Lipinski definition) is 2. The minimum absolute atomic E-state index is 0.00281. The molecule has 0 atom stereocenters. The van der Waals surface area contributed by atoms with Gasteiger partial charge in [0.25, 0.3) is 0 Å². The number of aromatic hydroxyl groups is 2. The smallest absolute Gasteiger partial charge is 0.134 e. The number of hydrogen-bond donors (Lipinski definition) is 2. The highest BCUT2D eigenvalue weighted by molar-refractivity contribution is 6.32.